The van der Waals surface area contributed by atoms with Gasteiger partial charge in [-0.3, -0.25) is 0 Å². The summed E-state index contributed by atoms with van der Waals surface area (Å²) in [6.07, 6.45) is -4.71. The summed E-state index contributed by atoms with van der Waals surface area (Å²) in [5.74, 6) is 0.432. The molecule has 0 saturated heterocycles. The second-order valence-electron chi connectivity index (χ2n) is 5.58. The quantitative estimate of drug-likeness (QED) is 0.595. The predicted octanol–water partition coefficient (Wildman–Crippen LogP) is 5.38. The van der Waals surface area contributed by atoms with E-state index in [0.29, 0.717) is 10.8 Å². The van der Waals surface area contributed by atoms with Gasteiger partial charge in [-0.05, 0) is 55.5 Å². The highest BCUT2D eigenvalue weighted by Gasteiger charge is 2.30. The number of hydrogen-bond acceptors (Lipinski definition) is 3. The first kappa shape index (κ1) is 18.1. The number of para-hydroxylation sites is 1. The lowest BCUT2D eigenvalue weighted by molar-refractivity contribution is -0.274. The summed E-state index contributed by atoms with van der Waals surface area (Å²) < 4.78 is 46.1. The van der Waals surface area contributed by atoms with Gasteiger partial charge in [0.25, 0.3) is 0 Å². The Hall–Kier alpha value is -2.74. The van der Waals surface area contributed by atoms with Gasteiger partial charge in [-0.25, -0.2) is 0 Å². The minimum absolute atomic E-state index is 0.185. The van der Waals surface area contributed by atoms with Crippen molar-refractivity contribution in [2.45, 2.75) is 19.3 Å². The van der Waals surface area contributed by atoms with Crippen molar-refractivity contribution in [3.63, 3.8) is 0 Å². The number of benzene rings is 2. The minimum Gasteiger partial charge on any atom is -0.459 e. The van der Waals surface area contributed by atoms with Crippen molar-refractivity contribution in [2.75, 3.05) is 5.32 Å². The van der Waals surface area contributed by atoms with Gasteiger partial charge < -0.3 is 19.8 Å². The molecule has 26 heavy (non-hydrogen) atoms. The zero-order chi connectivity index (χ0) is 18.7. The van der Waals surface area contributed by atoms with Crippen molar-refractivity contribution >= 4 is 34.0 Å². The summed E-state index contributed by atoms with van der Waals surface area (Å²) in [5, 5.41) is 7.30. The summed E-state index contributed by atoms with van der Waals surface area (Å²) in [6, 6.07) is 14.7. The Bertz CT molecular complexity index is 874. The third-order valence-electron chi connectivity index (χ3n) is 3.56. The highest BCUT2D eigenvalue weighted by atomic mass is 32.1. The van der Waals surface area contributed by atoms with E-state index in [9.17, 15) is 13.2 Å². The smallest absolute Gasteiger partial charge is 0.459 e. The number of rotatable bonds is 4. The number of ether oxygens (including phenoxy) is 1. The molecule has 0 aliphatic rings. The Morgan fingerprint density at radius 3 is 2.46 bits per heavy atom. The molecular formula is C18H15F3N2O2S. The van der Waals surface area contributed by atoms with Gasteiger partial charge in [0.2, 0.25) is 0 Å². The maximum atomic E-state index is 12.2. The molecule has 0 saturated carbocycles. The number of nitrogens with one attached hydrogen (secondary N) is 2. The molecular weight excluding hydrogens is 365 g/mol. The van der Waals surface area contributed by atoms with E-state index in [0.717, 1.165) is 16.7 Å². The summed E-state index contributed by atoms with van der Waals surface area (Å²) in [7, 11) is 0. The van der Waals surface area contributed by atoms with Crippen LogP contribution < -0.4 is 15.4 Å². The number of alkyl halides is 3. The highest BCUT2D eigenvalue weighted by Crippen LogP contribution is 2.25. The number of anilines is 1. The average molecular weight is 380 g/mol. The van der Waals surface area contributed by atoms with E-state index in [1.165, 1.54) is 24.3 Å². The van der Waals surface area contributed by atoms with Gasteiger partial charge in [-0.1, -0.05) is 18.2 Å². The van der Waals surface area contributed by atoms with Crippen LogP contribution in [0.4, 0.5) is 18.9 Å². The number of hydrogen-bond donors (Lipinski definition) is 2. The number of halogens is 3. The largest absolute Gasteiger partial charge is 0.573 e. The van der Waals surface area contributed by atoms with Crippen LogP contribution in [-0.2, 0) is 0 Å². The van der Waals surface area contributed by atoms with Gasteiger partial charge in [-0.15, -0.1) is 13.2 Å². The van der Waals surface area contributed by atoms with E-state index < -0.39 is 6.36 Å². The molecule has 2 aromatic carbocycles. The summed E-state index contributed by atoms with van der Waals surface area (Å²) >= 11 is 5.24. The Balaban J connectivity index is 1.59. The molecule has 8 heteroatoms. The first-order chi connectivity index (χ1) is 12.3. The van der Waals surface area contributed by atoms with Crippen LogP contribution in [0.2, 0.25) is 0 Å². The molecule has 3 aromatic rings. The van der Waals surface area contributed by atoms with E-state index in [1.54, 1.807) is 0 Å². The van der Waals surface area contributed by atoms with Crippen molar-refractivity contribution in [3.8, 4) is 5.75 Å². The van der Waals surface area contributed by atoms with E-state index >= 15 is 0 Å². The fraction of sp³-hybridized carbons (Fsp3) is 0.167. The third kappa shape index (κ3) is 4.66. The van der Waals surface area contributed by atoms with E-state index in [2.05, 4.69) is 15.4 Å². The first-order valence-corrected chi connectivity index (χ1v) is 8.13. The lowest BCUT2D eigenvalue weighted by Gasteiger charge is -2.15. The zero-order valence-electron chi connectivity index (χ0n) is 13.6. The second-order valence-corrected chi connectivity index (χ2v) is 5.99. The average Bonchev–Trinajstić information content (AvgIpc) is 2.99. The number of fused-ring (bicyclic) bond motifs is 1. The molecule has 0 aliphatic carbocycles. The third-order valence-corrected chi connectivity index (χ3v) is 3.78. The Morgan fingerprint density at radius 1 is 1.12 bits per heavy atom. The highest BCUT2D eigenvalue weighted by molar-refractivity contribution is 7.80. The molecule has 136 valence electrons. The molecule has 3 rings (SSSR count). The SMILES string of the molecule is C[C@@H](NC(=S)Nc1ccc(OC(F)(F)F)cc1)c1cc2ccccc2o1. The van der Waals surface area contributed by atoms with Gasteiger partial charge in [0.05, 0.1) is 6.04 Å². The van der Waals surface area contributed by atoms with Crippen LogP contribution in [0, 0.1) is 0 Å². The molecule has 0 aliphatic heterocycles. The molecule has 1 atom stereocenters. The maximum absolute atomic E-state index is 12.2. The topological polar surface area (TPSA) is 46.4 Å². The second kappa shape index (κ2) is 7.25. The van der Waals surface area contributed by atoms with Crippen LogP contribution in [0.15, 0.2) is 59.0 Å². The molecule has 0 spiro atoms. The minimum atomic E-state index is -4.71. The molecule has 0 unspecified atom stereocenters. The van der Waals surface area contributed by atoms with Crippen LogP contribution in [0.1, 0.15) is 18.7 Å². The van der Waals surface area contributed by atoms with Crippen molar-refractivity contribution in [3.05, 3.63) is 60.4 Å². The van der Waals surface area contributed by atoms with Crippen molar-refractivity contribution in [2.24, 2.45) is 0 Å². The summed E-state index contributed by atoms with van der Waals surface area (Å²) in [4.78, 5) is 0. The predicted molar refractivity (Wildman–Crippen MR) is 97.1 cm³/mol. The van der Waals surface area contributed by atoms with Gasteiger partial charge in [0.1, 0.15) is 17.1 Å². The standard InChI is InChI=1S/C18H15F3N2O2S/c1-11(16-10-12-4-2-3-5-15(12)24-16)22-17(26)23-13-6-8-14(9-7-13)25-18(19,20)21/h2-11H,1H3,(H2,22,23,26)/t11-/m1/s1. The monoisotopic (exact) mass is 380 g/mol. The van der Waals surface area contributed by atoms with E-state index in [-0.39, 0.29) is 11.8 Å². The number of furan rings is 1. The van der Waals surface area contributed by atoms with E-state index in [4.69, 9.17) is 16.6 Å². The van der Waals surface area contributed by atoms with Crippen LogP contribution >= 0.6 is 12.2 Å². The Kier molecular flexibility index (Phi) is 5.03. The Labute approximate surface area is 152 Å². The van der Waals surface area contributed by atoms with Crippen molar-refractivity contribution in [1.82, 2.24) is 5.32 Å². The lowest BCUT2D eigenvalue weighted by Crippen LogP contribution is -2.30. The molecule has 2 N–H and O–H groups in total. The van der Waals surface area contributed by atoms with Gasteiger partial charge in [0, 0.05) is 11.1 Å². The van der Waals surface area contributed by atoms with Crippen molar-refractivity contribution < 1.29 is 22.3 Å². The van der Waals surface area contributed by atoms with Crippen LogP contribution in [0.25, 0.3) is 11.0 Å². The molecule has 1 aromatic heterocycles. The number of thiocarbonyl (C=S) groups is 1. The fourth-order valence-corrected chi connectivity index (χ4v) is 2.69. The van der Waals surface area contributed by atoms with E-state index in [1.807, 2.05) is 37.3 Å². The van der Waals surface area contributed by atoms with Crippen LogP contribution in [0.3, 0.4) is 0 Å². The zero-order valence-corrected chi connectivity index (χ0v) is 14.4. The fourth-order valence-electron chi connectivity index (χ4n) is 2.39. The first-order valence-electron chi connectivity index (χ1n) is 7.72. The molecule has 1 heterocycles. The molecule has 0 amide bonds. The molecule has 0 fully saturated rings. The van der Waals surface area contributed by atoms with Gasteiger partial charge in [-0.2, -0.15) is 0 Å². The Morgan fingerprint density at radius 2 is 1.81 bits per heavy atom. The van der Waals surface area contributed by atoms with Crippen molar-refractivity contribution in [1.29, 1.82) is 0 Å². The van der Waals surface area contributed by atoms with Crippen LogP contribution in [-0.4, -0.2) is 11.5 Å². The molecule has 0 bridgehead atoms. The molecule has 0 radical (unpaired) electrons. The van der Waals surface area contributed by atoms with Gasteiger partial charge in [0.15, 0.2) is 5.11 Å². The normalized spacial score (nSPS) is 12.6. The van der Waals surface area contributed by atoms with Gasteiger partial charge >= 0.3 is 6.36 Å². The summed E-state index contributed by atoms with van der Waals surface area (Å²) in [6.45, 7) is 1.89. The van der Waals surface area contributed by atoms with Crippen LogP contribution in [0.5, 0.6) is 5.75 Å². The lowest BCUT2D eigenvalue weighted by atomic mass is 10.2. The molecule has 4 nitrogen and oxygen atoms in total. The maximum Gasteiger partial charge on any atom is 0.573 e. The summed E-state index contributed by atoms with van der Waals surface area (Å²) in [5.41, 5.74) is 1.32.